The van der Waals surface area contributed by atoms with Crippen LogP contribution in [0.15, 0.2) is 12.4 Å². The zero-order chi connectivity index (χ0) is 15.2. The normalized spacial score (nSPS) is 15.7. The quantitative estimate of drug-likeness (QED) is 0.744. The smallest absolute Gasteiger partial charge is 0.326 e. The fraction of sp³-hybridized carbons (Fsp3) is 0.733. The molecule has 1 heterocycles. The summed E-state index contributed by atoms with van der Waals surface area (Å²) >= 11 is 0. The summed E-state index contributed by atoms with van der Waals surface area (Å²) in [5.41, 5.74) is -0.665. The van der Waals surface area contributed by atoms with Crippen LogP contribution in [0.2, 0.25) is 0 Å². The molecule has 2 atom stereocenters. The fourth-order valence-electron chi connectivity index (χ4n) is 2.46. The molecule has 0 aliphatic rings. The Bertz CT molecular complexity index is 431. The third-order valence-corrected chi connectivity index (χ3v) is 3.53. The molecule has 1 N–H and O–H groups in total. The van der Waals surface area contributed by atoms with Crippen molar-refractivity contribution in [1.82, 2.24) is 14.9 Å². The molecule has 20 heavy (non-hydrogen) atoms. The first-order valence-electron chi connectivity index (χ1n) is 7.36. The first-order chi connectivity index (χ1) is 9.44. The minimum Gasteiger partial charge on any atom is -0.465 e. The van der Waals surface area contributed by atoms with E-state index < -0.39 is 5.54 Å². The molecule has 1 aromatic rings. The Morgan fingerprint density at radius 1 is 1.55 bits per heavy atom. The minimum absolute atomic E-state index is 0.177. The number of imidazole rings is 1. The SMILES string of the molecule is CCCNC(C)(CC(C)n1ccnc1C)C(=O)OCC. The van der Waals surface area contributed by atoms with Crippen LogP contribution in [0.1, 0.15) is 52.4 Å². The van der Waals surface area contributed by atoms with E-state index in [1.54, 1.807) is 6.20 Å². The number of nitrogens with one attached hydrogen (secondary N) is 1. The molecule has 2 unspecified atom stereocenters. The predicted octanol–water partition coefficient (Wildman–Crippen LogP) is 2.46. The van der Waals surface area contributed by atoms with Gasteiger partial charge in [0.25, 0.3) is 0 Å². The molecule has 0 aliphatic carbocycles. The van der Waals surface area contributed by atoms with Crippen molar-refractivity contribution < 1.29 is 9.53 Å². The van der Waals surface area contributed by atoms with Crippen LogP contribution < -0.4 is 5.32 Å². The molecule has 0 fully saturated rings. The largest absolute Gasteiger partial charge is 0.465 e. The van der Waals surface area contributed by atoms with E-state index in [9.17, 15) is 4.79 Å². The molecule has 5 nitrogen and oxygen atoms in total. The lowest BCUT2D eigenvalue weighted by molar-refractivity contribution is -0.151. The second-order valence-corrected chi connectivity index (χ2v) is 5.41. The fourth-order valence-corrected chi connectivity index (χ4v) is 2.46. The maximum absolute atomic E-state index is 12.3. The maximum Gasteiger partial charge on any atom is 0.326 e. The summed E-state index contributed by atoms with van der Waals surface area (Å²) in [7, 11) is 0. The van der Waals surface area contributed by atoms with Crippen LogP contribution in [-0.2, 0) is 9.53 Å². The second-order valence-electron chi connectivity index (χ2n) is 5.41. The third-order valence-electron chi connectivity index (χ3n) is 3.53. The molecule has 114 valence electrons. The highest BCUT2D eigenvalue weighted by Crippen LogP contribution is 2.23. The van der Waals surface area contributed by atoms with Crippen molar-refractivity contribution >= 4 is 5.97 Å². The molecule has 0 bridgehead atoms. The minimum atomic E-state index is -0.665. The Morgan fingerprint density at radius 3 is 2.75 bits per heavy atom. The van der Waals surface area contributed by atoms with E-state index in [1.807, 2.05) is 27.0 Å². The number of ether oxygens (including phenoxy) is 1. The first kappa shape index (κ1) is 16.7. The second kappa shape index (κ2) is 7.43. The van der Waals surface area contributed by atoms with Gasteiger partial charge in [-0.05, 0) is 47.1 Å². The number of aromatic nitrogens is 2. The van der Waals surface area contributed by atoms with E-state index in [0.717, 1.165) is 18.8 Å². The van der Waals surface area contributed by atoms with Crippen molar-refractivity contribution in [2.45, 2.75) is 59.0 Å². The van der Waals surface area contributed by atoms with Gasteiger partial charge in [0.15, 0.2) is 0 Å². The number of carbonyl (C=O) groups excluding carboxylic acids is 1. The molecule has 5 heteroatoms. The average molecular weight is 281 g/mol. The van der Waals surface area contributed by atoms with Gasteiger partial charge >= 0.3 is 5.97 Å². The highest BCUT2D eigenvalue weighted by molar-refractivity contribution is 5.80. The average Bonchev–Trinajstić information content (AvgIpc) is 2.83. The van der Waals surface area contributed by atoms with Gasteiger partial charge in [0.05, 0.1) is 6.61 Å². The Hall–Kier alpha value is -1.36. The van der Waals surface area contributed by atoms with Crippen molar-refractivity contribution in [1.29, 1.82) is 0 Å². The summed E-state index contributed by atoms with van der Waals surface area (Å²) in [6.45, 7) is 11.1. The molecule has 0 aliphatic heterocycles. The molecule has 0 saturated heterocycles. The lowest BCUT2D eigenvalue weighted by Gasteiger charge is -2.31. The highest BCUT2D eigenvalue weighted by atomic mass is 16.5. The highest BCUT2D eigenvalue weighted by Gasteiger charge is 2.36. The lowest BCUT2D eigenvalue weighted by atomic mass is 9.93. The molecule has 1 aromatic heterocycles. The van der Waals surface area contributed by atoms with Gasteiger partial charge in [0.2, 0.25) is 0 Å². The van der Waals surface area contributed by atoms with Crippen molar-refractivity contribution in [3.05, 3.63) is 18.2 Å². The van der Waals surface area contributed by atoms with E-state index in [-0.39, 0.29) is 12.0 Å². The Labute approximate surface area is 121 Å². The maximum atomic E-state index is 12.3. The number of aryl methyl sites for hydroxylation is 1. The molecule has 0 spiro atoms. The number of rotatable bonds is 8. The topological polar surface area (TPSA) is 56.2 Å². The molecule has 0 aromatic carbocycles. The zero-order valence-electron chi connectivity index (χ0n) is 13.3. The van der Waals surface area contributed by atoms with Crippen LogP contribution >= 0.6 is 0 Å². The van der Waals surface area contributed by atoms with Crippen molar-refractivity contribution in [3.8, 4) is 0 Å². The van der Waals surface area contributed by atoms with Gasteiger partial charge in [-0.25, -0.2) is 4.98 Å². The van der Waals surface area contributed by atoms with E-state index in [0.29, 0.717) is 13.0 Å². The number of carbonyl (C=O) groups is 1. The Kier molecular flexibility index (Phi) is 6.20. The molecular weight excluding hydrogens is 254 g/mol. The summed E-state index contributed by atoms with van der Waals surface area (Å²) in [6.07, 6.45) is 5.38. The van der Waals surface area contributed by atoms with Crippen LogP contribution in [0, 0.1) is 6.92 Å². The predicted molar refractivity (Wildman–Crippen MR) is 79.6 cm³/mol. The molecule has 0 radical (unpaired) electrons. The van der Waals surface area contributed by atoms with E-state index in [4.69, 9.17) is 4.74 Å². The first-order valence-corrected chi connectivity index (χ1v) is 7.36. The van der Waals surface area contributed by atoms with E-state index in [1.165, 1.54) is 0 Å². The third kappa shape index (κ3) is 4.07. The van der Waals surface area contributed by atoms with Gasteiger partial charge in [-0.3, -0.25) is 4.79 Å². The van der Waals surface area contributed by atoms with Crippen LogP contribution in [0.5, 0.6) is 0 Å². The van der Waals surface area contributed by atoms with Gasteiger partial charge in [0.1, 0.15) is 11.4 Å². The van der Waals surface area contributed by atoms with Crippen LogP contribution in [0.4, 0.5) is 0 Å². The van der Waals surface area contributed by atoms with E-state index in [2.05, 4.69) is 28.7 Å². The van der Waals surface area contributed by atoms with Crippen LogP contribution in [0.3, 0.4) is 0 Å². The lowest BCUT2D eigenvalue weighted by Crippen LogP contribution is -2.52. The van der Waals surface area contributed by atoms with Crippen molar-refractivity contribution in [2.24, 2.45) is 0 Å². The molecule has 0 saturated carbocycles. The molecular formula is C15H27N3O2. The Balaban J connectivity index is 2.83. The van der Waals surface area contributed by atoms with Gasteiger partial charge < -0.3 is 14.6 Å². The zero-order valence-corrected chi connectivity index (χ0v) is 13.3. The molecule has 0 amide bonds. The van der Waals surface area contributed by atoms with Crippen LogP contribution in [0.25, 0.3) is 0 Å². The monoisotopic (exact) mass is 281 g/mol. The van der Waals surface area contributed by atoms with Gasteiger partial charge in [-0.2, -0.15) is 0 Å². The standard InChI is InChI=1S/C15H27N3O2/c1-6-8-17-15(5,14(19)20-7-2)11-12(3)18-10-9-16-13(18)4/h9-10,12,17H,6-8,11H2,1-5H3. The number of hydrogen-bond donors (Lipinski definition) is 1. The summed E-state index contributed by atoms with van der Waals surface area (Å²) in [5, 5.41) is 3.33. The van der Waals surface area contributed by atoms with Gasteiger partial charge in [0, 0.05) is 18.4 Å². The summed E-state index contributed by atoms with van der Waals surface area (Å²) in [5.74, 6) is 0.775. The number of nitrogens with zero attached hydrogens (tertiary/aromatic N) is 2. The summed E-state index contributed by atoms with van der Waals surface area (Å²) < 4.78 is 7.31. The number of hydrogen-bond acceptors (Lipinski definition) is 4. The summed E-state index contributed by atoms with van der Waals surface area (Å²) in [6, 6.07) is 0.177. The number of esters is 1. The van der Waals surface area contributed by atoms with Crippen LogP contribution in [-0.4, -0.2) is 34.2 Å². The van der Waals surface area contributed by atoms with Crippen molar-refractivity contribution in [2.75, 3.05) is 13.2 Å². The summed E-state index contributed by atoms with van der Waals surface area (Å²) in [4.78, 5) is 16.5. The van der Waals surface area contributed by atoms with Gasteiger partial charge in [-0.1, -0.05) is 6.92 Å². The van der Waals surface area contributed by atoms with Crippen molar-refractivity contribution in [3.63, 3.8) is 0 Å². The van der Waals surface area contributed by atoms with Gasteiger partial charge in [-0.15, -0.1) is 0 Å². The molecule has 1 rings (SSSR count). The van der Waals surface area contributed by atoms with E-state index >= 15 is 0 Å². The Morgan fingerprint density at radius 2 is 2.25 bits per heavy atom.